The van der Waals surface area contributed by atoms with Crippen molar-refractivity contribution in [2.24, 2.45) is 5.92 Å². The Hall–Kier alpha value is -0.0800. The Morgan fingerprint density at radius 2 is 1.25 bits per heavy atom. The van der Waals surface area contributed by atoms with E-state index < -0.39 is 0 Å². The summed E-state index contributed by atoms with van der Waals surface area (Å²) in [5, 5.41) is 19.1. The van der Waals surface area contributed by atoms with Gasteiger partial charge in [0, 0.05) is 6.61 Å². The molecule has 0 aliphatic heterocycles. The van der Waals surface area contributed by atoms with Crippen LogP contribution in [0.4, 0.5) is 0 Å². The molecule has 0 bridgehead atoms. The van der Waals surface area contributed by atoms with Crippen molar-refractivity contribution in [3.63, 3.8) is 0 Å². The van der Waals surface area contributed by atoms with Crippen molar-refractivity contribution in [2.75, 3.05) is 6.61 Å². The number of hydrogen-bond donors (Lipinski definition) is 2. The minimum atomic E-state index is -0.174. The Labute approximate surface area is 100 Å². The third-order valence-electron chi connectivity index (χ3n) is 3.87. The van der Waals surface area contributed by atoms with Gasteiger partial charge >= 0.3 is 0 Å². The molecule has 1 aliphatic carbocycles. The molecule has 0 amide bonds. The Balaban J connectivity index is 2.33. The van der Waals surface area contributed by atoms with E-state index in [0.717, 1.165) is 25.7 Å². The van der Waals surface area contributed by atoms with E-state index in [4.69, 9.17) is 5.11 Å². The van der Waals surface area contributed by atoms with Crippen LogP contribution < -0.4 is 0 Å². The van der Waals surface area contributed by atoms with Crippen LogP contribution in [-0.4, -0.2) is 22.9 Å². The first-order valence-electron chi connectivity index (χ1n) is 7.13. The van der Waals surface area contributed by atoms with E-state index >= 15 is 0 Å². The molecule has 0 aromatic rings. The second-order valence-electron chi connectivity index (χ2n) is 5.25. The second-order valence-corrected chi connectivity index (χ2v) is 5.25. The SMILES string of the molecule is OCCC1CCCCCCCCCCC1O. The molecule has 2 N–H and O–H groups in total. The molecule has 2 unspecified atom stereocenters. The van der Waals surface area contributed by atoms with E-state index in [1.165, 1.54) is 44.9 Å². The van der Waals surface area contributed by atoms with E-state index in [0.29, 0.717) is 5.92 Å². The molecule has 2 atom stereocenters. The predicted octanol–water partition coefficient (Wildman–Crippen LogP) is 3.26. The topological polar surface area (TPSA) is 40.5 Å². The number of rotatable bonds is 2. The smallest absolute Gasteiger partial charge is 0.0569 e. The Morgan fingerprint density at radius 1 is 0.750 bits per heavy atom. The van der Waals surface area contributed by atoms with Gasteiger partial charge in [0.05, 0.1) is 6.10 Å². The lowest BCUT2D eigenvalue weighted by Gasteiger charge is -2.22. The molecule has 1 saturated carbocycles. The molecule has 0 aromatic heterocycles. The molecule has 0 radical (unpaired) electrons. The highest BCUT2D eigenvalue weighted by molar-refractivity contribution is 4.70. The standard InChI is InChI=1S/C14H28O2/c15-12-11-13-9-7-5-3-1-2-4-6-8-10-14(13)16/h13-16H,1-12H2. The number of aliphatic hydroxyl groups excluding tert-OH is 2. The highest BCUT2D eigenvalue weighted by atomic mass is 16.3. The van der Waals surface area contributed by atoms with Crippen LogP contribution in [0.2, 0.25) is 0 Å². The van der Waals surface area contributed by atoms with Crippen molar-refractivity contribution in [3.8, 4) is 0 Å². The molecule has 0 spiro atoms. The normalized spacial score (nSPS) is 30.4. The number of hydrogen-bond acceptors (Lipinski definition) is 2. The Kier molecular flexibility index (Phi) is 7.87. The van der Waals surface area contributed by atoms with Gasteiger partial charge in [-0.25, -0.2) is 0 Å². The summed E-state index contributed by atoms with van der Waals surface area (Å²) in [6.45, 7) is 0.224. The maximum atomic E-state index is 10.1. The highest BCUT2D eigenvalue weighted by Crippen LogP contribution is 2.23. The molecule has 0 aromatic carbocycles. The van der Waals surface area contributed by atoms with Crippen LogP contribution in [0.15, 0.2) is 0 Å². The van der Waals surface area contributed by atoms with Gasteiger partial charge in [0.15, 0.2) is 0 Å². The lowest BCUT2D eigenvalue weighted by molar-refractivity contribution is 0.0727. The summed E-state index contributed by atoms with van der Waals surface area (Å²) in [6, 6.07) is 0. The van der Waals surface area contributed by atoms with Crippen molar-refractivity contribution in [1.29, 1.82) is 0 Å². The minimum absolute atomic E-state index is 0.174. The summed E-state index contributed by atoms with van der Waals surface area (Å²) < 4.78 is 0. The van der Waals surface area contributed by atoms with Gasteiger partial charge in [0.1, 0.15) is 0 Å². The first-order chi connectivity index (χ1) is 7.84. The second kappa shape index (κ2) is 9.00. The summed E-state index contributed by atoms with van der Waals surface area (Å²) >= 11 is 0. The summed E-state index contributed by atoms with van der Waals surface area (Å²) in [7, 11) is 0. The average Bonchev–Trinajstić information content (AvgIpc) is 2.28. The van der Waals surface area contributed by atoms with Crippen molar-refractivity contribution in [1.82, 2.24) is 0 Å². The number of aliphatic hydroxyl groups is 2. The molecule has 1 aliphatic rings. The van der Waals surface area contributed by atoms with Gasteiger partial charge < -0.3 is 10.2 Å². The molecule has 96 valence electrons. The molecule has 0 heterocycles. The van der Waals surface area contributed by atoms with Gasteiger partial charge in [-0.1, -0.05) is 51.4 Å². The fourth-order valence-electron chi connectivity index (χ4n) is 2.75. The fourth-order valence-corrected chi connectivity index (χ4v) is 2.75. The van der Waals surface area contributed by atoms with Crippen LogP contribution in [0, 0.1) is 5.92 Å². The van der Waals surface area contributed by atoms with E-state index in [-0.39, 0.29) is 12.7 Å². The zero-order chi connectivity index (χ0) is 11.6. The largest absolute Gasteiger partial charge is 0.396 e. The lowest BCUT2D eigenvalue weighted by atomic mass is 9.88. The highest BCUT2D eigenvalue weighted by Gasteiger charge is 2.18. The third kappa shape index (κ3) is 5.86. The average molecular weight is 228 g/mol. The van der Waals surface area contributed by atoms with Crippen LogP contribution >= 0.6 is 0 Å². The maximum Gasteiger partial charge on any atom is 0.0569 e. The first kappa shape index (κ1) is 14.0. The molecule has 1 fully saturated rings. The molecule has 16 heavy (non-hydrogen) atoms. The van der Waals surface area contributed by atoms with Gasteiger partial charge in [0.25, 0.3) is 0 Å². The van der Waals surface area contributed by atoms with Crippen LogP contribution in [0.1, 0.15) is 70.6 Å². The zero-order valence-electron chi connectivity index (χ0n) is 10.5. The van der Waals surface area contributed by atoms with Crippen molar-refractivity contribution < 1.29 is 10.2 Å². The first-order valence-corrected chi connectivity index (χ1v) is 7.13. The van der Waals surface area contributed by atoms with Gasteiger partial charge in [-0.05, 0) is 25.2 Å². The monoisotopic (exact) mass is 228 g/mol. The van der Waals surface area contributed by atoms with Crippen LogP contribution in [0.25, 0.3) is 0 Å². The van der Waals surface area contributed by atoms with Crippen molar-refractivity contribution >= 4 is 0 Å². The van der Waals surface area contributed by atoms with Crippen LogP contribution in [0.5, 0.6) is 0 Å². The summed E-state index contributed by atoms with van der Waals surface area (Å²) in [4.78, 5) is 0. The molecular formula is C14H28O2. The predicted molar refractivity (Wildman–Crippen MR) is 67.4 cm³/mol. The van der Waals surface area contributed by atoms with E-state index in [9.17, 15) is 5.11 Å². The van der Waals surface area contributed by atoms with Crippen LogP contribution in [0.3, 0.4) is 0 Å². The third-order valence-corrected chi connectivity index (χ3v) is 3.87. The van der Waals surface area contributed by atoms with Gasteiger partial charge in [-0.15, -0.1) is 0 Å². The quantitative estimate of drug-likeness (QED) is 0.761. The van der Waals surface area contributed by atoms with E-state index in [1.54, 1.807) is 0 Å². The molecule has 1 rings (SSSR count). The fraction of sp³-hybridized carbons (Fsp3) is 1.00. The molecule has 2 heteroatoms. The Morgan fingerprint density at radius 3 is 1.81 bits per heavy atom. The summed E-state index contributed by atoms with van der Waals surface area (Å²) in [5.41, 5.74) is 0. The van der Waals surface area contributed by atoms with E-state index in [1.807, 2.05) is 0 Å². The molecule has 0 saturated heterocycles. The summed E-state index contributed by atoms with van der Waals surface area (Å²) in [5.74, 6) is 0.337. The van der Waals surface area contributed by atoms with Gasteiger partial charge in [-0.2, -0.15) is 0 Å². The summed E-state index contributed by atoms with van der Waals surface area (Å²) in [6.07, 6.45) is 13.0. The minimum Gasteiger partial charge on any atom is -0.396 e. The molecule has 2 nitrogen and oxygen atoms in total. The molecular weight excluding hydrogens is 200 g/mol. The van der Waals surface area contributed by atoms with E-state index in [2.05, 4.69) is 0 Å². The van der Waals surface area contributed by atoms with Crippen molar-refractivity contribution in [2.45, 2.75) is 76.7 Å². The van der Waals surface area contributed by atoms with Gasteiger partial charge in [-0.3, -0.25) is 0 Å². The lowest BCUT2D eigenvalue weighted by Crippen LogP contribution is -2.21. The van der Waals surface area contributed by atoms with Crippen molar-refractivity contribution in [3.05, 3.63) is 0 Å². The maximum absolute atomic E-state index is 10.1. The van der Waals surface area contributed by atoms with Gasteiger partial charge in [0.2, 0.25) is 0 Å². The zero-order valence-corrected chi connectivity index (χ0v) is 10.5. The Bertz CT molecular complexity index is 159. The van der Waals surface area contributed by atoms with Crippen LogP contribution in [-0.2, 0) is 0 Å².